The maximum absolute atomic E-state index is 10.9. The van der Waals surface area contributed by atoms with Crippen LogP contribution < -0.4 is 5.90 Å². The highest BCUT2D eigenvalue weighted by atomic mass is 16.6. The number of carbonyl (C=O) groups excluding carboxylic acids is 1. The van der Waals surface area contributed by atoms with Crippen LogP contribution in [0.25, 0.3) is 0 Å². The summed E-state index contributed by atoms with van der Waals surface area (Å²) < 4.78 is 9.68. The molecular weight excluding hydrogens is 174 g/mol. The molecule has 2 N–H and O–H groups in total. The van der Waals surface area contributed by atoms with Crippen LogP contribution in [0.5, 0.6) is 0 Å². The molecule has 0 unspecified atom stereocenters. The van der Waals surface area contributed by atoms with Gasteiger partial charge < -0.3 is 14.3 Å². The zero-order chi connectivity index (χ0) is 10.1. The van der Waals surface area contributed by atoms with Crippen LogP contribution in [0.15, 0.2) is 12.2 Å². The Morgan fingerprint density at radius 3 is 2.69 bits per heavy atom. The molecule has 0 radical (unpaired) electrons. The average Bonchev–Trinajstić information content (AvgIpc) is 2.12. The molecule has 76 valence electrons. The standard InChI is InChI=1S/C8H15NO4/c1-3-12-8(10)7(2)6-11-4-5-13-9/h2-6,9H2,1H3. The Morgan fingerprint density at radius 1 is 1.46 bits per heavy atom. The van der Waals surface area contributed by atoms with Crippen LogP contribution >= 0.6 is 0 Å². The summed E-state index contributed by atoms with van der Waals surface area (Å²) in [6, 6.07) is 0. The second-order valence-corrected chi connectivity index (χ2v) is 2.25. The highest BCUT2D eigenvalue weighted by Gasteiger charge is 2.06. The summed E-state index contributed by atoms with van der Waals surface area (Å²) in [5, 5.41) is 0. The molecule has 0 aromatic heterocycles. The van der Waals surface area contributed by atoms with Crippen molar-refractivity contribution in [2.75, 3.05) is 26.4 Å². The lowest BCUT2D eigenvalue weighted by Gasteiger charge is -2.05. The SMILES string of the molecule is C=C(COCCON)C(=O)OCC. The van der Waals surface area contributed by atoms with E-state index in [0.29, 0.717) is 18.8 Å². The maximum Gasteiger partial charge on any atom is 0.335 e. The highest BCUT2D eigenvalue weighted by Crippen LogP contribution is 1.95. The molecule has 0 rings (SSSR count). The summed E-state index contributed by atoms with van der Waals surface area (Å²) >= 11 is 0. The molecule has 0 aliphatic rings. The number of ether oxygens (including phenoxy) is 2. The van der Waals surface area contributed by atoms with Gasteiger partial charge in [0.05, 0.1) is 32.0 Å². The fourth-order valence-corrected chi connectivity index (χ4v) is 0.594. The first-order chi connectivity index (χ1) is 6.22. The van der Waals surface area contributed by atoms with E-state index in [9.17, 15) is 4.79 Å². The summed E-state index contributed by atoms with van der Waals surface area (Å²) in [5.74, 6) is 4.32. The minimum absolute atomic E-state index is 0.141. The molecule has 0 atom stereocenters. The number of carbonyl (C=O) groups is 1. The molecule has 0 spiro atoms. The van der Waals surface area contributed by atoms with Crippen LogP contribution in [0.3, 0.4) is 0 Å². The topological polar surface area (TPSA) is 70.8 Å². The Labute approximate surface area is 77.4 Å². The third-order valence-corrected chi connectivity index (χ3v) is 1.19. The number of hydrogen-bond donors (Lipinski definition) is 1. The third kappa shape index (κ3) is 6.27. The van der Waals surface area contributed by atoms with Gasteiger partial charge in [0.25, 0.3) is 0 Å². The zero-order valence-corrected chi connectivity index (χ0v) is 7.75. The minimum atomic E-state index is -0.434. The summed E-state index contributed by atoms with van der Waals surface area (Å²) in [5.41, 5.74) is 0.291. The molecular formula is C8H15NO4. The van der Waals surface area contributed by atoms with E-state index in [1.807, 2.05) is 0 Å². The van der Waals surface area contributed by atoms with Crippen molar-refractivity contribution in [3.05, 3.63) is 12.2 Å². The predicted octanol–water partition coefficient (Wildman–Crippen LogP) is 0.0126. The molecule has 0 fully saturated rings. The first kappa shape index (κ1) is 12.1. The van der Waals surface area contributed by atoms with Gasteiger partial charge in [-0.1, -0.05) is 6.58 Å². The number of esters is 1. The third-order valence-electron chi connectivity index (χ3n) is 1.19. The first-order valence-electron chi connectivity index (χ1n) is 3.96. The first-order valence-corrected chi connectivity index (χ1v) is 3.96. The van der Waals surface area contributed by atoms with Crippen molar-refractivity contribution in [3.63, 3.8) is 0 Å². The van der Waals surface area contributed by atoms with Crippen molar-refractivity contribution < 1.29 is 19.1 Å². The lowest BCUT2D eigenvalue weighted by Crippen LogP contribution is -2.14. The monoisotopic (exact) mass is 189 g/mol. The molecule has 0 aromatic carbocycles. The summed E-state index contributed by atoms with van der Waals surface area (Å²) in [6.45, 7) is 6.32. The van der Waals surface area contributed by atoms with Gasteiger partial charge >= 0.3 is 5.97 Å². The number of nitrogens with two attached hydrogens (primary N) is 1. The maximum atomic E-state index is 10.9. The smallest absolute Gasteiger partial charge is 0.335 e. The van der Waals surface area contributed by atoms with Gasteiger partial charge in [0.1, 0.15) is 0 Å². The second kappa shape index (κ2) is 7.72. The van der Waals surface area contributed by atoms with Gasteiger partial charge in [-0.05, 0) is 6.92 Å². The van der Waals surface area contributed by atoms with Gasteiger partial charge in [-0.3, -0.25) is 0 Å². The molecule has 5 heteroatoms. The largest absolute Gasteiger partial charge is 0.463 e. The van der Waals surface area contributed by atoms with E-state index in [4.69, 9.17) is 10.6 Å². The molecule has 0 aliphatic heterocycles. The molecule has 0 saturated heterocycles. The quantitative estimate of drug-likeness (QED) is 0.264. The van der Waals surface area contributed by atoms with Crippen molar-refractivity contribution in [2.45, 2.75) is 6.92 Å². The summed E-state index contributed by atoms with van der Waals surface area (Å²) in [7, 11) is 0. The van der Waals surface area contributed by atoms with E-state index in [2.05, 4.69) is 16.2 Å². The zero-order valence-electron chi connectivity index (χ0n) is 7.75. The average molecular weight is 189 g/mol. The molecule has 5 nitrogen and oxygen atoms in total. The lowest BCUT2D eigenvalue weighted by atomic mass is 10.3. The molecule has 0 heterocycles. The van der Waals surface area contributed by atoms with Gasteiger partial charge in [0.2, 0.25) is 0 Å². The van der Waals surface area contributed by atoms with Crippen molar-refractivity contribution in [1.82, 2.24) is 0 Å². The van der Waals surface area contributed by atoms with Crippen molar-refractivity contribution in [3.8, 4) is 0 Å². The van der Waals surface area contributed by atoms with E-state index in [1.165, 1.54) is 0 Å². The molecule has 0 saturated carbocycles. The highest BCUT2D eigenvalue weighted by molar-refractivity contribution is 5.87. The fraction of sp³-hybridized carbons (Fsp3) is 0.625. The van der Waals surface area contributed by atoms with Crippen LogP contribution in [-0.4, -0.2) is 32.4 Å². The number of hydrogen-bond acceptors (Lipinski definition) is 5. The van der Waals surface area contributed by atoms with E-state index >= 15 is 0 Å². The fourth-order valence-electron chi connectivity index (χ4n) is 0.594. The van der Waals surface area contributed by atoms with Gasteiger partial charge in [-0.2, -0.15) is 0 Å². The van der Waals surface area contributed by atoms with E-state index in [-0.39, 0.29) is 13.2 Å². The normalized spacial score (nSPS) is 9.69. The lowest BCUT2D eigenvalue weighted by molar-refractivity contribution is -0.139. The molecule has 0 aromatic rings. The van der Waals surface area contributed by atoms with Crippen molar-refractivity contribution in [1.29, 1.82) is 0 Å². The van der Waals surface area contributed by atoms with E-state index in [1.54, 1.807) is 6.92 Å². The van der Waals surface area contributed by atoms with Crippen molar-refractivity contribution >= 4 is 5.97 Å². The Kier molecular flexibility index (Phi) is 7.18. The van der Waals surface area contributed by atoms with Crippen LogP contribution in [0.1, 0.15) is 6.92 Å². The van der Waals surface area contributed by atoms with Crippen LogP contribution in [0.4, 0.5) is 0 Å². The molecule has 0 aliphatic carbocycles. The Morgan fingerprint density at radius 2 is 2.15 bits per heavy atom. The summed E-state index contributed by atoms with van der Waals surface area (Å²) in [6.07, 6.45) is 0. The Hall–Kier alpha value is -0.910. The van der Waals surface area contributed by atoms with Gasteiger partial charge in [0, 0.05) is 0 Å². The molecule has 0 bridgehead atoms. The molecule has 0 amide bonds. The Bertz CT molecular complexity index is 170. The van der Waals surface area contributed by atoms with Crippen LogP contribution in [0, 0.1) is 0 Å². The molecule has 13 heavy (non-hydrogen) atoms. The van der Waals surface area contributed by atoms with Crippen molar-refractivity contribution in [2.24, 2.45) is 5.90 Å². The van der Waals surface area contributed by atoms with E-state index < -0.39 is 5.97 Å². The Balaban J connectivity index is 3.44. The predicted molar refractivity (Wildman–Crippen MR) is 46.7 cm³/mol. The van der Waals surface area contributed by atoms with Crippen LogP contribution in [-0.2, 0) is 19.1 Å². The second-order valence-electron chi connectivity index (χ2n) is 2.25. The van der Waals surface area contributed by atoms with Gasteiger partial charge in [0.15, 0.2) is 0 Å². The van der Waals surface area contributed by atoms with Gasteiger partial charge in [-0.15, -0.1) is 0 Å². The minimum Gasteiger partial charge on any atom is -0.463 e. The summed E-state index contributed by atoms with van der Waals surface area (Å²) in [4.78, 5) is 15.2. The van der Waals surface area contributed by atoms with Gasteiger partial charge in [-0.25, -0.2) is 10.7 Å². The van der Waals surface area contributed by atoms with E-state index in [0.717, 1.165) is 0 Å². The van der Waals surface area contributed by atoms with Crippen LogP contribution in [0.2, 0.25) is 0 Å². The number of rotatable bonds is 7.